The summed E-state index contributed by atoms with van der Waals surface area (Å²) in [6, 6.07) is -0.834. The zero-order chi connectivity index (χ0) is 70.1. The first-order chi connectivity index (χ1) is 47.7. The van der Waals surface area contributed by atoms with Gasteiger partial charge in [-0.1, -0.05) is 336 Å². The van der Waals surface area contributed by atoms with Gasteiger partial charge in [0.05, 0.1) is 32.0 Å². The summed E-state index contributed by atoms with van der Waals surface area (Å²) in [6.07, 6.45) is 93.4. The van der Waals surface area contributed by atoms with Crippen molar-refractivity contribution < 1.29 is 49.3 Å². The number of nitrogens with one attached hydrogen (secondary N) is 1. The highest BCUT2D eigenvalue weighted by molar-refractivity contribution is 5.76. The normalized spacial score (nSPS) is 17.7. The van der Waals surface area contributed by atoms with E-state index in [1.807, 2.05) is 6.08 Å². The van der Waals surface area contributed by atoms with E-state index in [0.717, 1.165) is 83.5 Å². The Balaban J connectivity index is 1.91. The summed E-state index contributed by atoms with van der Waals surface area (Å²) in [5.74, 6) is -0.192. The Morgan fingerprint density at radius 2 is 0.701 bits per heavy atom. The fraction of sp³-hybridized carbons (Fsp3) is 0.814. The SMILES string of the molecule is CCCCCC/C=C\C/C=C\CCCCCCCC(=O)OCCCCCCCCCCCCCCCCC/C=C\C/C=C\CCCCCCCCCCCCCCCCCCCC(=O)NC(COC1OC(CO)C(O)C(O)C1O)C(O)/C=C/CC/C=C/CC/C=C/CCCCCC. The van der Waals surface area contributed by atoms with Gasteiger partial charge in [-0.05, 0) is 122 Å². The molecule has 1 aliphatic rings. The summed E-state index contributed by atoms with van der Waals surface area (Å²) < 4.78 is 16.8. The van der Waals surface area contributed by atoms with E-state index >= 15 is 0 Å². The van der Waals surface area contributed by atoms with Crippen LogP contribution in [0.1, 0.15) is 386 Å². The molecule has 1 aliphatic heterocycles. The molecule has 1 saturated heterocycles. The van der Waals surface area contributed by atoms with Crippen LogP contribution in [0.4, 0.5) is 0 Å². The first kappa shape index (κ1) is 91.9. The largest absolute Gasteiger partial charge is 0.466 e. The Hall–Kier alpha value is -3.16. The zero-order valence-corrected chi connectivity index (χ0v) is 63.0. The molecule has 0 bridgehead atoms. The van der Waals surface area contributed by atoms with Crippen molar-refractivity contribution in [1.82, 2.24) is 5.32 Å². The fourth-order valence-corrected chi connectivity index (χ4v) is 12.7. The van der Waals surface area contributed by atoms with E-state index in [-0.39, 0.29) is 18.5 Å². The van der Waals surface area contributed by atoms with Gasteiger partial charge in [0.15, 0.2) is 6.29 Å². The Morgan fingerprint density at radius 3 is 1.08 bits per heavy atom. The number of unbranched alkanes of at least 4 members (excludes halogenated alkanes) is 47. The minimum Gasteiger partial charge on any atom is -0.466 e. The summed E-state index contributed by atoms with van der Waals surface area (Å²) >= 11 is 0. The first-order valence-corrected chi connectivity index (χ1v) is 41.4. The molecular weight excluding hydrogens is 1210 g/mol. The van der Waals surface area contributed by atoms with Crippen LogP contribution in [0.25, 0.3) is 0 Å². The minimum atomic E-state index is -1.58. The quantitative estimate of drug-likeness (QED) is 0.0195. The molecule has 6 N–H and O–H groups in total. The molecule has 0 radical (unpaired) electrons. The number of hydrogen-bond acceptors (Lipinski definition) is 10. The van der Waals surface area contributed by atoms with Gasteiger partial charge in [-0.2, -0.15) is 0 Å². The zero-order valence-electron chi connectivity index (χ0n) is 63.0. The van der Waals surface area contributed by atoms with E-state index in [0.29, 0.717) is 19.4 Å². The third kappa shape index (κ3) is 62.4. The molecule has 7 unspecified atom stereocenters. The molecule has 564 valence electrons. The average molecular weight is 1360 g/mol. The number of esters is 1. The average Bonchev–Trinajstić information content (AvgIpc) is 0.869. The molecule has 0 spiro atoms. The Bertz CT molecular complexity index is 1890. The topological polar surface area (TPSA) is 175 Å². The molecule has 0 aromatic carbocycles. The molecule has 0 aromatic heterocycles. The lowest BCUT2D eigenvalue weighted by Crippen LogP contribution is -2.60. The molecule has 1 heterocycles. The number of amides is 1. The maximum absolute atomic E-state index is 13.1. The maximum Gasteiger partial charge on any atom is 0.305 e. The van der Waals surface area contributed by atoms with Crippen molar-refractivity contribution in [2.24, 2.45) is 0 Å². The monoisotopic (exact) mass is 1360 g/mol. The van der Waals surface area contributed by atoms with Crippen molar-refractivity contribution >= 4 is 11.9 Å². The van der Waals surface area contributed by atoms with Crippen molar-refractivity contribution in [3.63, 3.8) is 0 Å². The van der Waals surface area contributed by atoms with Gasteiger partial charge in [-0.15, -0.1) is 0 Å². The Labute approximate surface area is 597 Å². The standard InChI is InChI=1S/C86H155NO10/c1-3-5-7-9-11-13-15-17-19-46-50-54-58-62-66-70-74-82(91)95-75-71-67-63-59-55-51-47-44-42-40-38-36-34-32-30-28-26-24-22-20-21-23-25-27-29-31-33-35-37-39-41-43-45-49-53-57-61-65-69-73-81(90)87-78(77-96-86-85(94)84(93)83(92)80(76-88)97-86)79(89)72-68-64-60-56-52-48-18-16-14-12-10-8-6-4-2/h13-16,19-21,24,26,46,52,56,68,72,78-80,83-86,88-89,92-94H,3-12,17-18,22-23,25,27-45,47-51,53-55,57-67,69-71,73-77H2,1-2H3,(H,87,90)/b15-13-,16-14+,21-20-,26-24-,46-19-,56-52+,72-68+. The number of carbonyl (C=O) groups is 2. The number of aliphatic hydroxyl groups excluding tert-OH is 5. The maximum atomic E-state index is 13.1. The lowest BCUT2D eigenvalue weighted by atomic mass is 9.99. The molecule has 11 nitrogen and oxygen atoms in total. The van der Waals surface area contributed by atoms with Gasteiger partial charge in [0.25, 0.3) is 0 Å². The van der Waals surface area contributed by atoms with Crippen LogP contribution >= 0.6 is 0 Å². The van der Waals surface area contributed by atoms with Crippen LogP contribution in [0.3, 0.4) is 0 Å². The fourth-order valence-electron chi connectivity index (χ4n) is 12.7. The van der Waals surface area contributed by atoms with E-state index in [4.69, 9.17) is 14.2 Å². The smallest absolute Gasteiger partial charge is 0.305 e. The van der Waals surface area contributed by atoms with Crippen LogP contribution in [-0.2, 0) is 23.8 Å². The Kier molecular flexibility index (Phi) is 70.1. The van der Waals surface area contributed by atoms with Crippen LogP contribution in [-0.4, -0.2) is 100 Å². The van der Waals surface area contributed by atoms with Gasteiger partial charge in [0.1, 0.15) is 24.4 Å². The van der Waals surface area contributed by atoms with Crippen molar-refractivity contribution in [2.75, 3.05) is 19.8 Å². The molecule has 11 heteroatoms. The molecule has 0 aromatic rings. The molecular formula is C86H155NO10. The molecule has 1 fully saturated rings. The molecule has 1 amide bonds. The van der Waals surface area contributed by atoms with Gasteiger partial charge >= 0.3 is 5.97 Å². The first-order valence-electron chi connectivity index (χ1n) is 41.4. The number of carbonyl (C=O) groups excluding carboxylic acids is 2. The number of hydrogen-bond donors (Lipinski definition) is 6. The highest BCUT2D eigenvalue weighted by Gasteiger charge is 2.44. The van der Waals surface area contributed by atoms with E-state index in [1.165, 1.54) is 276 Å². The van der Waals surface area contributed by atoms with Gasteiger partial charge in [0.2, 0.25) is 5.91 Å². The highest BCUT2D eigenvalue weighted by Crippen LogP contribution is 2.24. The van der Waals surface area contributed by atoms with Crippen LogP contribution in [0, 0.1) is 0 Å². The summed E-state index contributed by atoms with van der Waals surface area (Å²) in [4.78, 5) is 25.2. The second-order valence-corrected chi connectivity index (χ2v) is 28.4. The van der Waals surface area contributed by atoms with Crippen molar-refractivity contribution in [3.8, 4) is 0 Å². The van der Waals surface area contributed by atoms with Crippen LogP contribution in [0.2, 0.25) is 0 Å². The second-order valence-electron chi connectivity index (χ2n) is 28.4. The van der Waals surface area contributed by atoms with Gasteiger partial charge in [-0.25, -0.2) is 0 Å². The highest BCUT2D eigenvalue weighted by atomic mass is 16.7. The second kappa shape index (κ2) is 74.0. The van der Waals surface area contributed by atoms with Gasteiger partial charge in [-0.3, -0.25) is 9.59 Å². The van der Waals surface area contributed by atoms with Crippen LogP contribution in [0.15, 0.2) is 85.1 Å². The Morgan fingerprint density at radius 1 is 0.381 bits per heavy atom. The molecule has 7 atom stereocenters. The van der Waals surface area contributed by atoms with E-state index in [2.05, 4.69) is 92.1 Å². The predicted octanol–water partition coefficient (Wildman–Crippen LogP) is 22.8. The molecule has 0 aliphatic carbocycles. The summed E-state index contributed by atoms with van der Waals surface area (Å²) in [7, 11) is 0. The summed E-state index contributed by atoms with van der Waals surface area (Å²) in [5.41, 5.74) is 0. The minimum absolute atomic E-state index is 0.000694. The van der Waals surface area contributed by atoms with E-state index in [9.17, 15) is 35.1 Å². The van der Waals surface area contributed by atoms with Crippen molar-refractivity contribution in [3.05, 3.63) is 85.1 Å². The molecule has 97 heavy (non-hydrogen) atoms. The molecule has 1 rings (SSSR count). The van der Waals surface area contributed by atoms with Crippen LogP contribution < -0.4 is 5.32 Å². The van der Waals surface area contributed by atoms with Crippen molar-refractivity contribution in [2.45, 2.75) is 429 Å². The van der Waals surface area contributed by atoms with Gasteiger partial charge in [0, 0.05) is 12.8 Å². The van der Waals surface area contributed by atoms with E-state index in [1.54, 1.807) is 6.08 Å². The number of aliphatic hydroxyl groups is 5. The summed E-state index contributed by atoms with van der Waals surface area (Å²) in [6.45, 7) is 4.32. The molecule has 0 saturated carbocycles. The third-order valence-electron chi connectivity index (χ3n) is 19.2. The van der Waals surface area contributed by atoms with Crippen LogP contribution in [0.5, 0.6) is 0 Å². The number of ether oxygens (including phenoxy) is 3. The number of rotatable bonds is 73. The van der Waals surface area contributed by atoms with Gasteiger partial charge < -0.3 is 45.1 Å². The third-order valence-corrected chi connectivity index (χ3v) is 19.2. The van der Waals surface area contributed by atoms with Crippen molar-refractivity contribution in [1.29, 1.82) is 0 Å². The lowest BCUT2D eigenvalue weighted by molar-refractivity contribution is -0.302. The summed E-state index contributed by atoms with van der Waals surface area (Å²) in [5, 5.41) is 54.6. The number of allylic oxidation sites excluding steroid dienone is 13. The lowest BCUT2D eigenvalue weighted by Gasteiger charge is -2.40. The van der Waals surface area contributed by atoms with E-state index < -0.39 is 49.5 Å². The predicted molar refractivity (Wildman–Crippen MR) is 412 cm³/mol.